The predicted molar refractivity (Wildman–Crippen MR) is 86.3 cm³/mol. The summed E-state index contributed by atoms with van der Waals surface area (Å²) in [7, 11) is 1.73. The van der Waals surface area contributed by atoms with Crippen molar-refractivity contribution in [3.63, 3.8) is 0 Å². The SMILES string of the molecule is CCCCc1ccc(OC)c2c1[C@]1(C)C=CC(C)C[C@@H]1O2. The molecule has 1 aromatic rings. The summed E-state index contributed by atoms with van der Waals surface area (Å²) >= 11 is 0. The lowest BCUT2D eigenvalue weighted by molar-refractivity contribution is 0.145. The second-order valence-corrected chi connectivity index (χ2v) is 6.70. The first kappa shape index (κ1) is 14.5. The van der Waals surface area contributed by atoms with E-state index < -0.39 is 0 Å². The number of hydrogen-bond acceptors (Lipinski definition) is 2. The van der Waals surface area contributed by atoms with Crippen molar-refractivity contribution in [2.45, 2.75) is 58.0 Å². The highest BCUT2D eigenvalue weighted by atomic mass is 16.5. The summed E-state index contributed by atoms with van der Waals surface area (Å²) in [5, 5.41) is 0. The van der Waals surface area contributed by atoms with Crippen LogP contribution in [0.1, 0.15) is 51.2 Å². The first-order valence-electron chi connectivity index (χ1n) is 8.16. The van der Waals surface area contributed by atoms with Gasteiger partial charge in [0.05, 0.1) is 12.5 Å². The number of methoxy groups -OCH3 is 1. The molecule has 3 rings (SSSR count). The first-order valence-corrected chi connectivity index (χ1v) is 8.16. The fourth-order valence-corrected chi connectivity index (χ4v) is 3.74. The second-order valence-electron chi connectivity index (χ2n) is 6.70. The van der Waals surface area contributed by atoms with Crippen LogP contribution in [0.3, 0.4) is 0 Å². The van der Waals surface area contributed by atoms with E-state index in [9.17, 15) is 0 Å². The molecule has 0 bridgehead atoms. The molecule has 1 aliphatic heterocycles. The van der Waals surface area contributed by atoms with Crippen LogP contribution in [0.4, 0.5) is 0 Å². The van der Waals surface area contributed by atoms with Crippen molar-refractivity contribution in [3.8, 4) is 11.5 Å². The normalized spacial score (nSPS) is 29.7. The number of rotatable bonds is 4. The molecule has 0 amide bonds. The van der Waals surface area contributed by atoms with Gasteiger partial charge in [0.15, 0.2) is 11.5 Å². The monoisotopic (exact) mass is 286 g/mol. The average molecular weight is 286 g/mol. The number of ether oxygens (including phenoxy) is 2. The number of unbranched alkanes of at least 4 members (excludes halogenated alkanes) is 1. The maximum Gasteiger partial charge on any atom is 0.166 e. The summed E-state index contributed by atoms with van der Waals surface area (Å²) in [6.45, 7) is 6.82. The lowest BCUT2D eigenvalue weighted by Crippen LogP contribution is -2.37. The zero-order valence-corrected chi connectivity index (χ0v) is 13.6. The van der Waals surface area contributed by atoms with Crippen LogP contribution < -0.4 is 9.47 Å². The summed E-state index contributed by atoms with van der Waals surface area (Å²) in [6.07, 6.45) is 9.60. The van der Waals surface area contributed by atoms with E-state index in [0.29, 0.717) is 5.92 Å². The van der Waals surface area contributed by atoms with Crippen LogP contribution in [0.2, 0.25) is 0 Å². The van der Waals surface area contributed by atoms with Gasteiger partial charge in [-0.2, -0.15) is 0 Å². The Morgan fingerprint density at radius 2 is 2.19 bits per heavy atom. The Bertz CT molecular complexity index is 561. The van der Waals surface area contributed by atoms with E-state index in [0.717, 1.165) is 24.3 Å². The van der Waals surface area contributed by atoms with E-state index in [1.54, 1.807) is 7.11 Å². The van der Waals surface area contributed by atoms with Gasteiger partial charge >= 0.3 is 0 Å². The molecule has 1 aromatic carbocycles. The molecule has 114 valence electrons. The van der Waals surface area contributed by atoms with Crippen LogP contribution in [0.5, 0.6) is 11.5 Å². The van der Waals surface area contributed by atoms with Gasteiger partial charge in [-0.15, -0.1) is 0 Å². The molecule has 21 heavy (non-hydrogen) atoms. The standard InChI is InChI=1S/C19H26O2/c1-5-6-7-14-8-9-15(20-4)18-17(14)19(3)11-10-13(2)12-16(19)21-18/h8-11,13,16H,5-7,12H2,1-4H3/t13?,16-,19+/m0/s1. The summed E-state index contributed by atoms with van der Waals surface area (Å²) in [6, 6.07) is 4.30. The Morgan fingerprint density at radius 3 is 2.90 bits per heavy atom. The summed E-state index contributed by atoms with van der Waals surface area (Å²) in [5.41, 5.74) is 2.79. The molecule has 2 aliphatic rings. The molecule has 1 heterocycles. The van der Waals surface area contributed by atoms with E-state index in [4.69, 9.17) is 9.47 Å². The van der Waals surface area contributed by atoms with Crippen LogP contribution in [0.25, 0.3) is 0 Å². The van der Waals surface area contributed by atoms with Gasteiger partial charge in [0.25, 0.3) is 0 Å². The zero-order chi connectivity index (χ0) is 15.0. The molecular weight excluding hydrogens is 260 g/mol. The van der Waals surface area contributed by atoms with E-state index in [-0.39, 0.29) is 11.5 Å². The molecule has 1 unspecified atom stereocenters. The summed E-state index contributed by atoms with van der Waals surface area (Å²) in [4.78, 5) is 0. The van der Waals surface area contributed by atoms with Crippen LogP contribution in [-0.4, -0.2) is 13.2 Å². The highest BCUT2D eigenvalue weighted by Crippen LogP contribution is 2.53. The molecule has 0 fully saturated rings. The Labute approximate surface area is 128 Å². The molecule has 2 nitrogen and oxygen atoms in total. The molecule has 1 aliphatic carbocycles. The summed E-state index contributed by atoms with van der Waals surface area (Å²) in [5.74, 6) is 2.45. The van der Waals surface area contributed by atoms with Gasteiger partial charge in [0.2, 0.25) is 0 Å². The Balaban J connectivity index is 2.11. The van der Waals surface area contributed by atoms with Crippen molar-refractivity contribution >= 4 is 0 Å². The minimum Gasteiger partial charge on any atom is -0.493 e. The van der Waals surface area contributed by atoms with Crippen molar-refractivity contribution in [2.75, 3.05) is 7.11 Å². The Hall–Kier alpha value is -1.44. The Morgan fingerprint density at radius 1 is 1.38 bits per heavy atom. The van der Waals surface area contributed by atoms with Crippen molar-refractivity contribution in [1.82, 2.24) is 0 Å². The van der Waals surface area contributed by atoms with Crippen LogP contribution in [-0.2, 0) is 11.8 Å². The lowest BCUT2D eigenvalue weighted by Gasteiger charge is -2.33. The fourth-order valence-electron chi connectivity index (χ4n) is 3.74. The van der Waals surface area contributed by atoms with Crippen molar-refractivity contribution < 1.29 is 9.47 Å². The van der Waals surface area contributed by atoms with Crippen molar-refractivity contribution in [3.05, 3.63) is 35.4 Å². The van der Waals surface area contributed by atoms with Crippen molar-refractivity contribution in [1.29, 1.82) is 0 Å². The maximum atomic E-state index is 6.35. The molecule has 0 spiro atoms. The molecule has 3 atom stereocenters. The fraction of sp³-hybridized carbons (Fsp3) is 0.579. The topological polar surface area (TPSA) is 18.5 Å². The highest BCUT2D eigenvalue weighted by Gasteiger charge is 2.48. The quantitative estimate of drug-likeness (QED) is 0.750. The molecule has 2 heteroatoms. The average Bonchev–Trinajstić information content (AvgIpc) is 2.78. The summed E-state index contributed by atoms with van der Waals surface area (Å²) < 4.78 is 11.9. The first-order chi connectivity index (χ1) is 10.1. The number of allylic oxidation sites excluding steroid dienone is 1. The minimum absolute atomic E-state index is 0.000538. The smallest absolute Gasteiger partial charge is 0.166 e. The van der Waals surface area contributed by atoms with E-state index in [1.165, 1.54) is 24.0 Å². The molecular formula is C19H26O2. The van der Waals surface area contributed by atoms with E-state index in [2.05, 4.69) is 45.1 Å². The zero-order valence-electron chi connectivity index (χ0n) is 13.6. The van der Waals surface area contributed by atoms with Gasteiger partial charge in [-0.05, 0) is 43.7 Å². The minimum atomic E-state index is -0.000538. The van der Waals surface area contributed by atoms with Crippen LogP contribution >= 0.6 is 0 Å². The van der Waals surface area contributed by atoms with E-state index in [1.807, 2.05) is 0 Å². The van der Waals surface area contributed by atoms with E-state index >= 15 is 0 Å². The Kier molecular flexibility index (Phi) is 3.73. The van der Waals surface area contributed by atoms with Gasteiger partial charge in [0, 0.05) is 5.56 Å². The third-order valence-corrected chi connectivity index (χ3v) is 5.05. The molecule has 0 saturated heterocycles. The largest absolute Gasteiger partial charge is 0.493 e. The molecule has 0 N–H and O–H groups in total. The van der Waals surface area contributed by atoms with Crippen molar-refractivity contribution in [2.24, 2.45) is 5.92 Å². The highest BCUT2D eigenvalue weighted by molar-refractivity contribution is 5.60. The third-order valence-electron chi connectivity index (χ3n) is 5.05. The number of benzene rings is 1. The maximum absolute atomic E-state index is 6.35. The van der Waals surface area contributed by atoms with Gasteiger partial charge in [-0.3, -0.25) is 0 Å². The molecule has 0 saturated carbocycles. The third kappa shape index (κ3) is 2.25. The van der Waals surface area contributed by atoms with Crippen LogP contribution in [0, 0.1) is 5.92 Å². The van der Waals surface area contributed by atoms with Gasteiger partial charge < -0.3 is 9.47 Å². The lowest BCUT2D eigenvalue weighted by atomic mass is 9.70. The van der Waals surface area contributed by atoms with Gasteiger partial charge in [-0.25, -0.2) is 0 Å². The second kappa shape index (κ2) is 5.40. The van der Waals surface area contributed by atoms with Crippen LogP contribution in [0.15, 0.2) is 24.3 Å². The van der Waals surface area contributed by atoms with Gasteiger partial charge in [0.1, 0.15) is 6.10 Å². The molecule has 0 radical (unpaired) electrons. The molecule has 0 aromatic heterocycles. The predicted octanol–water partition coefficient (Wildman–Crippen LogP) is 4.65. The number of fused-ring (bicyclic) bond motifs is 3. The number of aryl methyl sites for hydroxylation is 1. The van der Waals surface area contributed by atoms with Gasteiger partial charge in [-0.1, -0.05) is 38.5 Å². The number of hydrogen-bond donors (Lipinski definition) is 0.